The Kier molecular flexibility index (Phi) is 11.1. The maximum atomic E-state index is 4.77. The Morgan fingerprint density at radius 2 is 1.26 bits per heavy atom. The SMILES string of the molecule is CC(C)c1ccnc(-c2[c-]cc3c4ccccc4c4ccccc4c3c2)c1.C[Si](C)(C)c1cnc(-c2[c-]cccc2)cc1C1CCCCC1.[Ir]. The zero-order valence-electron chi connectivity index (χ0n) is 29.9. The summed E-state index contributed by atoms with van der Waals surface area (Å²) in [4.78, 5) is 9.38. The minimum Gasteiger partial charge on any atom is -0.305 e. The maximum Gasteiger partial charge on any atom is 0.0799 e. The molecular weight excluding hydrogens is 801 g/mol. The molecule has 0 amide bonds. The van der Waals surface area contributed by atoms with Crippen LogP contribution in [-0.4, -0.2) is 18.0 Å². The van der Waals surface area contributed by atoms with Crippen LogP contribution in [0.3, 0.4) is 0 Å². The normalized spacial score (nSPS) is 13.6. The Balaban J connectivity index is 0.000000173. The van der Waals surface area contributed by atoms with Crippen molar-refractivity contribution >= 4 is 45.6 Å². The second-order valence-corrected chi connectivity index (χ2v) is 20.0. The molecule has 0 saturated heterocycles. The van der Waals surface area contributed by atoms with Crippen molar-refractivity contribution in [2.24, 2.45) is 0 Å². The van der Waals surface area contributed by atoms with E-state index in [0.717, 1.165) is 28.4 Å². The molecule has 255 valence electrons. The summed E-state index contributed by atoms with van der Waals surface area (Å²) in [5, 5.41) is 9.20. The van der Waals surface area contributed by atoms with Crippen molar-refractivity contribution in [1.82, 2.24) is 9.97 Å². The fraction of sp³-hybridized carbons (Fsp3) is 0.261. The van der Waals surface area contributed by atoms with E-state index in [1.165, 1.54) is 70.0 Å². The molecule has 1 aliphatic carbocycles. The summed E-state index contributed by atoms with van der Waals surface area (Å²) in [6, 6.07) is 43.3. The van der Waals surface area contributed by atoms with Crippen LogP contribution in [0.25, 0.3) is 54.8 Å². The van der Waals surface area contributed by atoms with E-state index in [1.807, 2.05) is 18.3 Å². The van der Waals surface area contributed by atoms with Crippen molar-refractivity contribution in [2.45, 2.75) is 77.4 Å². The van der Waals surface area contributed by atoms with E-state index in [4.69, 9.17) is 4.98 Å². The predicted molar refractivity (Wildman–Crippen MR) is 212 cm³/mol. The van der Waals surface area contributed by atoms with Crippen LogP contribution < -0.4 is 5.19 Å². The first-order chi connectivity index (χ1) is 23.8. The summed E-state index contributed by atoms with van der Waals surface area (Å²) >= 11 is 0. The molecule has 7 aromatic rings. The number of rotatable bonds is 5. The number of hydrogen-bond donors (Lipinski definition) is 0. The van der Waals surface area contributed by atoms with Crippen LogP contribution in [0.4, 0.5) is 0 Å². The third-order valence-electron chi connectivity index (χ3n) is 10.2. The van der Waals surface area contributed by atoms with Crippen molar-refractivity contribution in [2.75, 3.05) is 0 Å². The van der Waals surface area contributed by atoms with Crippen molar-refractivity contribution in [3.63, 3.8) is 0 Å². The van der Waals surface area contributed by atoms with E-state index in [1.54, 1.807) is 10.8 Å². The minimum atomic E-state index is -1.36. The average Bonchev–Trinajstić information content (AvgIpc) is 3.15. The molecule has 5 aromatic carbocycles. The third kappa shape index (κ3) is 7.54. The van der Waals surface area contributed by atoms with Gasteiger partial charge < -0.3 is 9.97 Å². The van der Waals surface area contributed by atoms with Gasteiger partial charge in [0.1, 0.15) is 0 Å². The Bertz CT molecular complexity index is 2200. The molecule has 0 aliphatic heterocycles. The van der Waals surface area contributed by atoms with Gasteiger partial charge in [0.2, 0.25) is 0 Å². The van der Waals surface area contributed by atoms with Crippen LogP contribution in [-0.2, 0) is 20.1 Å². The molecule has 2 nitrogen and oxygen atoms in total. The molecule has 1 saturated carbocycles. The quantitative estimate of drug-likeness (QED) is 0.0980. The van der Waals surface area contributed by atoms with Crippen LogP contribution in [0.5, 0.6) is 0 Å². The first-order valence-corrected chi connectivity index (χ1v) is 21.5. The van der Waals surface area contributed by atoms with Gasteiger partial charge in [-0.25, -0.2) is 0 Å². The number of pyridine rings is 2. The zero-order chi connectivity index (χ0) is 34.0. The number of benzene rings is 5. The summed E-state index contributed by atoms with van der Waals surface area (Å²) in [6.45, 7) is 11.7. The van der Waals surface area contributed by atoms with Crippen molar-refractivity contribution < 1.29 is 20.1 Å². The van der Waals surface area contributed by atoms with Gasteiger partial charge in [0, 0.05) is 32.5 Å². The summed E-state index contributed by atoms with van der Waals surface area (Å²) in [5.74, 6) is 1.22. The van der Waals surface area contributed by atoms with Crippen molar-refractivity contribution in [3.8, 4) is 22.5 Å². The van der Waals surface area contributed by atoms with Crippen LogP contribution in [0.1, 0.15) is 68.9 Å². The molecule has 2 heterocycles. The molecule has 0 N–H and O–H groups in total. The van der Waals surface area contributed by atoms with Gasteiger partial charge >= 0.3 is 0 Å². The van der Waals surface area contributed by atoms with E-state index < -0.39 is 8.07 Å². The van der Waals surface area contributed by atoms with Gasteiger partial charge in [-0.15, -0.1) is 59.7 Å². The van der Waals surface area contributed by atoms with E-state index in [2.05, 4.69) is 148 Å². The van der Waals surface area contributed by atoms with E-state index in [-0.39, 0.29) is 20.1 Å². The van der Waals surface area contributed by atoms with Crippen LogP contribution in [0, 0.1) is 12.1 Å². The molecule has 50 heavy (non-hydrogen) atoms. The van der Waals surface area contributed by atoms with Crippen molar-refractivity contribution in [1.29, 1.82) is 0 Å². The Morgan fingerprint density at radius 1 is 0.640 bits per heavy atom. The smallest absolute Gasteiger partial charge is 0.0799 e. The standard InChI is InChI=1S/C26H20N.C20H26NSi.Ir/c1-17(2)18-13-14-27-26(16-18)19-11-12-24-22-9-4-3-7-20(22)21-8-5-6-10-23(21)25(24)15-19;1-22(2,3)20-15-21-19(17-12-8-5-9-13-17)14-18(20)16-10-6-4-7-11-16;/h3-10,12-17H,1-2H3;5,8-9,12,14-16H,4,6-7,10-11H2,1-3H3;/q2*-1;. The Morgan fingerprint density at radius 3 is 1.88 bits per heavy atom. The molecular formula is C46H46IrN2Si-2. The maximum absolute atomic E-state index is 4.77. The molecule has 0 bridgehead atoms. The first kappa shape index (κ1) is 35.9. The van der Waals surface area contributed by atoms with E-state index in [9.17, 15) is 0 Å². The number of hydrogen-bond acceptors (Lipinski definition) is 2. The summed E-state index contributed by atoms with van der Waals surface area (Å²) in [6.07, 6.45) is 10.9. The molecule has 1 fully saturated rings. The second kappa shape index (κ2) is 15.5. The molecule has 4 heteroatoms. The fourth-order valence-corrected chi connectivity index (χ4v) is 9.09. The Labute approximate surface area is 312 Å². The minimum absolute atomic E-state index is 0. The molecule has 1 radical (unpaired) electrons. The molecule has 0 spiro atoms. The van der Waals surface area contributed by atoms with Crippen LogP contribution in [0.15, 0.2) is 116 Å². The van der Waals surface area contributed by atoms with Gasteiger partial charge in [-0.3, -0.25) is 0 Å². The summed E-state index contributed by atoms with van der Waals surface area (Å²) < 4.78 is 0. The number of fused-ring (bicyclic) bond motifs is 6. The first-order valence-electron chi connectivity index (χ1n) is 18.0. The fourth-order valence-electron chi connectivity index (χ4n) is 7.49. The zero-order valence-corrected chi connectivity index (χ0v) is 33.3. The topological polar surface area (TPSA) is 25.8 Å². The molecule has 2 aromatic heterocycles. The predicted octanol–water partition coefficient (Wildman–Crippen LogP) is 12.3. The number of aromatic nitrogens is 2. The van der Waals surface area contributed by atoms with Crippen molar-refractivity contribution in [3.05, 3.63) is 139 Å². The second-order valence-electron chi connectivity index (χ2n) is 14.9. The number of nitrogens with zero attached hydrogens (tertiary/aromatic N) is 2. The molecule has 8 rings (SSSR count). The van der Waals surface area contributed by atoms with Gasteiger partial charge in [-0.05, 0) is 63.5 Å². The van der Waals surface area contributed by atoms with Crippen LogP contribution in [0.2, 0.25) is 19.6 Å². The molecule has 0 atom stereocenters. The third-order valence-corrected chi connectivity index (χ3v) is 12.2. The Hall–Kier alpha value is -3.95. The van der Waals surface area contributed by atoms with Crippen LogP contribution >= 0.6 is 0 Å². The van der Waals surface area contributed by atoms with Gasteiger partial charge in [-0.1, -0.05) is 141 Å². The van der Waals surface area contributed by atoms with Gasteiger partial charge in [0.15, 0.2) is 0 Å². The summed E-state index contributed by atoms with van der Waals surface area (Å²) in [7, 11) is -1.36. The molecule has 0 unspecified atom stereocenters. The molecule has 1 aliphatic rings. The average molecular weight is 847 g/mol. The van der Waals surface area contributed by atoms with Gasteiger partial charge in [-0.2, -0.15) is 0 Å². The summed E-state index contributed by atoms with van der Waals surface area (Å²) in [5.41, 5.74) is 7.12. The van der Waals surface area contributed by atoms with E-state index >= 15 is 0 Å². The largest absolute Gasteiger partial charge is 0.305 e. The van der Waals surface area contributed by atoms with E-state index in [0.29, 0.717) is 5.92 Å². The van der Waals surface area contributed by atoms with Gasteiger partial charge in [0.25, 0.3) is 0 Å². The van der Waals surface area contributed by atoms with Gasteiger partial charge in [0.05, 0.1) is 8.07 Å². The monoisotopic (exact) mass is 847 g/mol.